The van der Waals surface area contributed by atoms with Crippen molar-refractivity contribution in [1.82, 2.24) is 4.57 Å². The van der Waals surface area contributed by atoms with Gasteiger partial charge >= 0.3 is 0 Å². The molecule has 0 saturated heterocycles. The molecule has 2 heteroatoms. The van der Waals surface area contributed by atoms with Crippen molar-refractivity contribution >= 4 is 11.6 Å². The van der Waals surface area contributed by atoms with E-state index in [4.69, 9.17) is 11.6 Å². The smallest absolute Gasteiger partial charge is 0.0627 e. The van der Waals surface area contributed by atoms with E-state index in [2.05, 4.69) is 19.2 Å². The van der Waals surface area contributed by atoms with E-state index in [1.54, 1.807) is 0 Å². The average molecular weight is 144 g/mol. The Hall–Kier alpha value is -0.430. The summed E-state index contributed by atoms with van der Waals surface area (Å²) in [5.41, 5.74) is 2.45. The van der Waals surface area contributed by atoms with Gasteiger partial charge in [0, 0.05) is 18.9 Å². The van der Waals surface area contributed by atoms with E-state index in [0.717, 1.165) is 0 Å². The van der Waals surface area contributed by atoms with Crippen molar-refractivity contribution in [3.8, 4) is 0 Å². The highest BCUT2D eigenvalue weighted by Crippen LogP contribution is 2.07. The molecule has 0 unspecified atom stereocenters. The van der Waals surface area contributed by atoms with Crippen molar-refractivity contribution in [2.75, 3.05) is 0 Å². The normalized spacial score (nSPS) is 10.1. The Morgan fingerprint density at radius 2 is 2.33 bits per heavy atom. The van der Waals surface area contributed by atoms with E-state index < -0.39 is 0 Å². The number of nitrogens with zero attached hydrogens (tertiary/aromatic N) is 1. The lowest BCUT2D eigenvalue weighted by molar-refractivity contribution is 0.871. The van der Waals surface area contributed by atoms with Crippen molar-refractivity contribution in [2.24, 2.45) is 7.05 Å². The van der Waals surface area contributed by atoms with Crippen LogP contribution in [0.25, 0.3) is 0 Å². The van der Waals surface area contributed by atoms with Crippen molar-refractivity contribution in [2.45, 2.75) is 12.8 Å². The van der Waals surface area contributed by atoms with Crippen molar-refractivity contribution in [3.05, 3.63) is 23.5 Å². The zero-order valence-electron chi connectivity index (χ0n) is 5.69. The fraction of sp³-hybridized carbons (Fsp3) is 0.429. The molecule has 50 valence electrons. The average Bonchev–Trinajstić information content (AvgIpc) is 2.10. The van der Waals surface area contributed by atoms with E-state index in [9.17, 15) is 0 Å². The minimum atomic E-state index is 0.602. The summed E-state index contributed by atoms with van der Waals surface area (Å²) in [6.07, 6.45) is 2.07. The first-order chi connectivity index (χ1) is 4.24. The lowest BCUT2D eigenvalue weighted by Gasteiger charge is -1.93. The SMILES string of the molecule is Cc1cc(CCl)n(C)c1. The molecule has 0 spiro atoms. The molecule has 0 fully saturated rings. The van der Waals surface area contributed by atoms with Gasteiger partial charge in [0.05, 0.1) is 5.88 Å². The topological polar surface area (TPSA) is 4.93 Å². The minimum Gasteiger partial charge on any atom is -0.353 e. The molecular formula is C7H10ClN. The van der Waals surface area contributed by atoms with Crippen LogP contribution in [0.2, 0.25) is 0 Å². The Kier molecular flexibility index (Phi) is 1.81. The maximum Gasteiger partial charge on any atom is 0.0627 e. The van der Waals surface area contributed by atoms with E-state index in [-0.39, 0.29) is 0 Å². The first kappa shape index (κ1) is 6.69. The fourth-order valence-electron chi connectivity index (χ4n) is 0.923. The van der Waals surface area contributed by atoms with E-state index in [1.165, 1.54) is 11.3 Å². The highest BCUT2D eigenvalue weighted by Gasteiger charge is 1.95. The zero-order chi connectivity index (χ0) is 6.85. The Labute approximate surface area is 60.2 Å². The predicted molar refractivity (Wildman–Crippen MR) is 39.7 cm³/mol. The molecule has 1 aromatic rings. The van der Waals surface area contributed by atoms with Gasteiger partial charge in [-0.25, -0.2) is 0 Å². The van der Waals surface area contributed by atoms with Gasteiger partial charge in [-0.1, -0.05) is 0 Å². The van der Waals surface area contributed by atoms with Gasteiger partial charge in [-0.2, -0.15) is 0 Å². The molecule has 0 aliphatic rings. The van der Waals surface area contributed by atoms with Crippen LogP contribution >= 0.6 is 11.6 Å². The Balaban J connectivity index is 3.01. The van der Waals surface area contributed by atoms with Crippen LogP contribution in [0.4, 0.5) is 0 Å². The van der Waals surface area contributed by atoms with Gasteiger partial charge in [0.15, 0.2) is 0 Å². The highest BCUT2D eigenvalue weighted by atomic mass is 35.5. The minimum absolute atomic E-state index is 0.602. The van der Waals surface area contributed by atoms with Crippen LogP contribution in [0.3, 0.4) is 0 Å². The van der Waals surface area contributed by atoms with Gasteiger partial charge in [0.1, 0.15) is 0 Å². The van der Waals surface area contributed by atoms with Crippen LogP contribution < -0.4 is 0 Å². The highest BCUT2D eigenvalue weighted by molar-refractivity contribution is 6.16. The monoisotopic (exact) mass is 143 g/mol. The number of aryl methyl sites for hydroxylation is 2. The third-order valence-corrected chi connectivity index (χ3v) is 1.66. The van der Waals surface area contributed by atoms with Gasteiger partial charge in [-0.05, 0) is 18.6 Å². The van der Waals surface area contributed by atoms with Crippen LogP contribution in [-0.2, 0) is 12.9 Å². The van der Waals surface area contributed by atoms with Gasteiger partial charge in [0.25, 0.3) is 0 Å². The number of rotatable bonds is 1. The summed E-state index contributed by atoms with van der Waals surface area (Å²) in [7, 11) is 2.00. The molecule has 9 heavy (non-hydrogen) atoms. The summed E-state index contributed by atoms with van der Waals surface area (Å²) in [5, 5.41) is 0. The Bertz CT molecular complexity index is 203. The van der Waals surface area contributed by atoms with Crippen molar-refractivity contribution in [3.63, 3.8) is 0 Å². The van der Waals surface area contributed by atoms with Crippen LogP contribution in [0, 0.1) is 6.92 Å². The largest absolute Gasteiger partial charge is 0.353 e. The lowest BCUT2D eigenvalue weighted by Crippen LogP contribution is -1.89. The van der Waals surface area contributed by atoms with Gasteiger partial charge in [0.2, 0.25) is 0 Å². The Morgan fingerprint density at radius 3 is 2.56 bits per heavy atom. The number of hydrogen-bond acceptors (Lipinski definition) is 0. The van der Waals surface area contributed by atoms with Gasteiger partial charge in [-0.15, -0.1) is 11.6 Å². The van der Waals surface area contributed by atoms with E-state index in [1.807, 2.05) is 11.6 Å². The number of halogens is 1. The maximum atomic E-state index is 5.62. The number of aromatic nitrogens is 1. The summed E-state index contributed by atoms with van der Waals surface area (Å²) in [5.74, 6) is 0.602. The van der Waals surface area contributed by atoms with E-state index >= 15 is 0 Å². The first-order valence-electron chi connectivity index (χ1n) is 2.92. The molecular weight excluding hydrogens is 134 g/mol. The second-order valence-corrected chi connectivity index (χ2v) is 2.52. The molecule has 0 radical (unpaired) electrons. The number of hydrogen-bond donors (Lipinski definition) is 0. The molecule has 0 aliphatic carbocycles. The van der Waals surface area contributed by atoms with Crippen LogP contribution in [0.1, 0.15) is 11.3 Å². The molecule has 0 bridgehead atoms. The Morgan fingerprint density at radius 1 is 1.67 bits per heavy atom. The van der Waals surface area contributed by atoms with Crippen molar-refractivity contribution < 1.29 is 0 Å². The molecule has 1 aromatic heterocycles. The fourth-order valence-corrected chi connectivity index (χ4v) is 1.19. The van der Waals surface area contributed by atoms with Gasteiger partial charge in [-0.3, -0.25) is 0 Å². The first-order valence-corrected chi connectivity index (χ1v) is 3.45. The molecule has 0 amide bonds. The molecule has 0 atom stereocenters. The lowest BCUT2D eigenvalue weighted by atomic mass is 10.4. The maximum absolute atomic E-state index is 5.62. The summed E-state index contributed by atoms with van der Waals surface area (Å²) in [6, 6.07) is 2.09. The zero-order valence-corrected chi connectivity index (χ0v) is 6.44. The molecule has 1 rings (SSSR count). The van der Waals surface area contributed by atoms with Crippen molar-refractivity contribution in [1.29, 1.82) is 0 Å². The summed E-state index contributed by atoms with van der Waals surface area (Å²) in [4.78, 5) is 0. The van der Waals surface area contributed by atoms with Crippen LogP contribution in [-0.4, -0.2) is 4.57 Å². The van der Waals surface area contributed by atoms with Crippen LogP contribution in [0.5, 0.6) is 0 Å². The molecule has 1 heterocycles. The molecule has 0 saturated carbocycles. The second kappa shape index (κ2) is 2.44. The third-order valence-electron chi connectivity index (χ3n) is 1.38. The molecule has 0 aliphatic heterocycles. The van der Waals surface area contributed by atoms with Crippen LogP contribution in [0.15, 0.2) is 12.3 Å². The predicted octanol–water partition coefficient (Wildman–Crippen LogP) is 2.07. The summed E-state index contributed by atoms with van der Waals surface area (Å²) < 4.78 is 2.04. The standard InChI is InChI=1S/C7H10ClN/c1-6-3-7(4-8)9(2)5-6/h3,5H,4H2,1-2H3. The summed E-state index contributed by atoms with van der Waals surface area (Å²) in [6.45, 7) is 2.07. The quantitative estimate of drug-likeness (QED) is 0.531. The molecule has 0 N–H and O–H groups in total. The molecule has 1 nitrogen and oxygen atoms in total. The number of alkyl halides is 1. The van der Waals surface area contributed by atoms with Gasteiger partial charge < -0.3 is 4.57 Å². The second-order valence-electron chi connectivity index (χ2n) is 2.25. The third kappa shape index (κ3) is 1.28. The van der Waals surface area contributed by atoms with E-state index in [0.29, 0.717) is 5.88 Å². The molecule has 0 aromatic carbocycles. The summed E-state index contributed by atoms with van der Waals surface area (Å²) >= 11 is 5.62.